The Kier molecular flexibility index (Phi) is 5.06. The zero-order chi connectivity index (χ0) is 16.9. The number of nitrogens with zero attached hydrogens (tertiary/aromatic N) is 1. The normalized spacial score (nSPS) is 18.4. The Morgan fingerprint density at radius 3 is 2.46 bits per heavy atom. The predicted octanol–water partition coefficient (Wildman–Crippen LogP) is 3.03. The average Bonchev–Trinajstić information content (AvgIpc) is 2.62. The van der Waals surface area contributed by atoms with Gasteiger partial charge in [0, 0.05) is 12.5 Å². The Morgan fingerprint density at radius 1 is 1.12 bits per heavy atom. The molecule has 1 aliphatic heterocycles. The molecular formula is C20H21NO3. The van der Waals surface area contributed by atoms with E-state index in [4.69, 9.17) is 4.74 Å². The van der Waals surface area contributed by atoms with Crippen LogP contribution in [0, 0.1) is 0 Å². The van der Waals surface area contributed by atoms with Crippen LogP contribution >= 0.6 is 0 Å². The van der Waals surface area contributed by atoms with E-state index in [0.717, 1.165) is 25.1 Å². The van der Waals surface area contributed by atoms with E-state index >= 15 is 0 Å². The lowest BCUT2D eigenvalue weighted by Gasteiger charge is -2.31. The quantitative estimate of drug-likeness (QED) is 0.812. The van der Waals surface area contributed by atoms with Gasteiger partial charge in [-0.1, -0.05) is 42.5 Å². The Labute approximate surface area is 142 Å². The highest BCUT2D eigenvalue weighted by Gasteiger charge is 2.28. The molecule has 3 rings (SSSR count). The number of hydrogen-bond donors (Lipinski definition) is 0. The van der Waals surface area contributed by atoms with E-state index in [-0.39, 0.29) is 17.7 Å². The maximum atomic E-state index is 12.5. The van der Waals surface area contributed by atoms with Crippen molar-refractivity contribution in [3.8, 4) is 0 Å². The van der Waals surface area contributed by atoms with Crippen LogP contribution in [0.4, 0.5) is 0 Å². The van der Waals surface area contributed by atoms with Crippen LogP contribution in [0.5, 0.6) is 0 Å². The summed E-state index contributed by atoms with van der Waals surface area (Å²) in [6, 6.07) is 17.4. The fraction of sp³-hybridized carbons (Fsp3) is 0.300. The van der Waals surface area contributed by atoms with E-state index in [1.807, 2.05) is 30.3 Å². The molecule has 1 heterocycles. The first-order chi connectivity index (χ1) is 11.7. The number of methoxy groups -OCH3 is 1. The zero-order valence-electron chi connectivity index (χ0n) is 13.8. The summed E-state index contributed by atoms with van der Waals surface area (Å²) < 4.78 is 4.70. The van der Waals surface area contributed by atoms with Gasteiger partial charge in [0.1, 0.15) is 0 Å². The van der Waals surface area contributed by atoms with E-state index < -0.39 is 0 Å². The number of likely N-dealkylation sites (tertiary alicyclic amines) is 1. The number of rotatable bonds is 4. The Morgan fingerprint density at radius 2 is 1.83 bits per heavy atom. The number of benzene rings is 2. The highest BCUT2D eigenvalue weighted by atomic mass is 16.5. The van der Waals surface area contributed by atoms with Crippen molar-refractivity contribution in [1.82, 2.24) is 4.90 Å². The van der Waals surface area contributed by atoms with E-state index in [1.165, 1.54) is 12.7 Å². The lowest BCUT2D eigenvalue weighted by molar-refractivity contribution is -0.124. The molecular weight excluding hydrogens is 302 g/mol. The largest absolute Gasteiger partial charge is 0.465 e. The van der Waals surface area contributed by atoms with Gasteiger partial charge in [-0.05, 0) is 36.2 Å². The van der Waals surface area contributed by atoms with Crippen LogP contribution in [0.1, 0.15) is 33.8 Å². The molecule has 4 heteroatoms. The Bertz CT molecular complexity index is 709. The Hall–Kier alpha value is -2.46. The maximum Gasteiger partial charge on any atom is 0.337 e. The molecule has 0 spiro atoms. The fourth-order valence-corrected chi connectivity index (χ4v) is 3.18. The van der Waals surface area contributed by atoms with E-state index in [0.29, 0.717) is 12.1 Å². The molecule has 0 aliphatic carbocycles. The smallest absolute Gasteiger partial charge is 0.337 e. The number of piperidine rings is 1. The molecule has 124 valence electrons. The maximum absolute atomic E-state index is 12.5. The lowest BCUT2D eigenvalue weighted by Crippen LogP contribution is -2.39. The first-order valence-electron chi connectivity index (χ1n) is 8.14. The summed E-state index contributed by atoms with van der Waals surface area (Å²) in [5, 5.41) is 0. The first-order valence-corrected chi connectivity index (χ1v) is 8.14. The van der Waals surface area contributed by atoms with Crippen molar-refractivity contribution < 1.29 is 14.3 Å². The number of Topliss-reactive ketones (excluding diaryl/α,β-unsaturated/α-hetero) is 1. The molecule has 0 radical (unpaired) electrons. The summed E-state index contributed by atoms with van der Waals surface area (Å²) in [5.41, 5.74) is 2.72. The van der Waals surface area contributed by atoms with Gasteiger partial charge in [-0.25, -0.2) is 4.79 Å². The van der Waals surface area contributed by atoms with Crippen molar-refractivity contribution in [1.29, 1.82) is 0 Å². The molecule has 1 fully saturated rings. The van der Waals surface area contributed by atoms with Crippen molar-refractivity contribution in [3.05, 3.63) is 71.3 Å². The summed E-state index contributed by atoms with van der Waals surface area (Å²) in [6.07, 6.45) is 0.809. The van der Waals surface area contributed by atoms with Crippen molar-refractivity contribution in [2.75, 3.05) is 20.2 Å². The molecule has 0 bridgehead atoms. The van der Waals surface area contributed by atoms with E-state index in [2.05, 4.69) is 17.0 Å². The first kappa shape index (κ1) is 16.4. The van der Waals surface area contributed by atoms with Crippen LogP contribution in [0.15, 0.2) is 54.6 Å². The summed E-state index contributed by atoms with van der Waals surface area (Å²) >= 11 is 0. The second-order valence-corrected chi connectivity index (χ2v) is 6.12. The molecule has 2 aromatic rings. The average molecular weight is 323 g/mol. The minimum atomic E-state index is -0.356. The van der Waals surface area contributed by atoms with Gasteiger partial charge in [0.15, 0.2) is 5.78 Å². The number of carbonyl (C=O) groups excluding carboxylic acids is 2. The van der Waals surface area contributed by atoms with Crippen LogP contribution in [0.2, 0.25) is 0 Å². The summed E-state index contributed by atoms with van der Waals surface area (Å²) in [7, 11) is 1.36. The predicted molar refractivity (Wildman–Crippen MR) is 91.9 cm³/mol. The molecule has 0 N–H and O–H groups in total. The van der Waals surface area contributed by atoms with Crippen molar-refractivity contribution in [2.45, 2.75) is 18.9 Å². The molecule has 0 saturated carbocycles. The molecule has 1 aliphatic rings. The van der Waals surface area contributed by atoms with Gasteiger partial charge in [0.05, 0.1) is 19.2 Å². The molecule has 0 aromatic heterocycles. The van der Waals surface area contributed by atoms with E-state index in [9.17, 15) is 9.59 Å². The third kappa shape index (κ3) is 3.71. The summed E-state index contributed by atoms with van der Waals surface area (Å²) in [4.78, 5) is 26.2. The van der Waals surface area contributed by atoms with E-state index in [1.54, 1.807) is 12.1 Å². The molecule has 0 amide bonds. The number of carbonyl (C=O) groups is 2. The van der Waals surface area contributed by atoms with Crippen molar-refractivity contribution >= 4 is 11.8 Å². The number of esters is 1. The van der Waals surface area contributed by atoms with Gasteiger partial charge in [-0.2, -0.15) is 0 Å². The minimum absolute atomic E-state index is 0.0799. The SMILES string of the molecule is COC(=O)c1ccc(C2CCN(Cc3ccccc3)CC2=O)cc1. The van der Waals surface area contributed by atoms with Crippen LogP contribution < -0.4 is 0 Å². The van der Waals surface area contributed by atoms with Gasteiger partial charge < -0.3 is 4.74 Å². The highest BCUT2D eigenvalue weighted by Crippen LogP contribution is 2.26. The fourth-order valence-electron chi connectivity index (χ4n) is 3.18. The highest BCUT2D eigenvalue weighted by molar-refractivity contribution is 5.90. The van der Waals surface area contributed by atoms with Crippen LogP contribution in [0.3, 0.4) is 0 Å². The standard InChI is InChI=1S/C20H21NO3/c1-24-20(23)17-9-7-16(8-10-17)18-11-12-21(14-19(18)22)13-15-5-3-2-4-6-15/h2-10,18H,11-14H2,1H3. The third-order valence-corrected chi connectivity index (χ3v) is 4.49. The number of hydrogen-bond acceptors (Lipinski definition) is 4. The van der Waals surface area contributed by atoms with Gasteiger partial charge in [-0.3, -0.25) is 9.69 Å². The second-order valence-electron chi connectivity index (χ2n) is 6.12. The van der Waals surface area contributed by atoms with Gasteiger partial charge in [0.2, 0.25) is 0 Å². The number of ether oxygens (including phenoxy) is 1. The zero-order valence-corrected chi connectivity index (χ0v) is 13.8. The summed E-state index contributed by atoms with van der Waals surface area (Å²) in [6.45, 7) is 2.17. The van der Waals surface area contributed by atoms with Crippen LogP contribution in [0.25, 0.3) is 0 Å². The molecule has 1 saturated heterocycles. The molecule has 1 atom stereocenters. The van der Waals surface area contributed by atoms with Gasteiger partial charge in [0.25, 0.3) is 0 Å². The molecule has 1 unspecified atom stereocenters. The summed E-state index contributed by atoms with van der Waals surface area (Å²) in [5.74, 6) is -0.197. The minimum Gasteiger partial charge on any atom is -0.465 e. The van der Waals surface area contributed by atoms with Crippen molar-refractivity contribution in [3.63, 3.8) is 0 Å². The van der Waals surface area contributed by atoms with Gasteiger partial charge >= 0.3 is 5.97 Å². The second kappa shape index (κ2) is 7.41. The molecule has 4 nitrogen and oxygen atoms in total. The number of ketones is 1. The van der Waals surface area contributed by atoms with Gasteiger partial charge in [-0.15, -0.1) is 0 Å². The topological polar surface area (TPSA) is 46.6 Å². The lowest BCUT2D eigenvalue weighted by atomic mass is 9.88. The van der Waals surface area contributed by atoms with Crippen LogP contribution in [-0.4, -0.2) is 36.9 Å². The third-order valence-electron chi connectivity index (χ3n) is 4.49. The Balaban J connectivity index is 1.63. The molecule has 24 heavy (non-hydrogen) atoms. The van der Waals surface area contributed by atoms with Crippen molar-refractivity contribution in [2.24, 2.45) is 0 Å². The molecule has 2 aromatic carbocycles. The monoisotopic (exact) mass is 323 g/mol. The van der Waals surface area contributed by atoms with Crippen LogP contribution in [-0.2, 0) is 16.1 Å².